The van der Waals surface area contributed by atoms with Gasteiger partial charge in [0.1, 0.15) is 6.10 Å². The molecule has 88 valence electrons. The number of benzene rings is 1. The molecule has 0 N–H and O–H groups in total. The summed E-state index contributed by atoms with van der Waals surface area (Å²) < 4.78 is 5.44. The Balaban J connectivity index is 2.58. The van der Waals surface area contributed by atoms with Crippen molar-refractivity contribution in [3.05, 3.63) is 35.9 Å². The molecule has 0 aliphatic rings. The number of hydrogen-bond acceptors (Lipinski definition) is 2. The number of rotatable bonds is 5. The highest BCUT2D eigenvalue weighted by atomic mass is 16.5. The van der Waals surface area contributed by atoms with Gasteiger partial charge < -0.3 is 4.74 Å². The summed E-state index contributed by atoms with van der Waals surface area (Å²) in [5.41, 5.74) is 0.625. The van der Waals surface area contributed by atoms with E-state index in [-0.39, 0.29) is 12.1 Å². The lowest BCUT2D eigenvalue weighted by molar-refractivity contribution is 0.0185. The molecule has 1 aromatic carbocycles. The van der Waals surface area contributed by atoms with Crippen molar-refractivity contribution in [1.29, 1.82) is 0 Å². The average Bonchev–Trinajstić information content (AvgIpc) is 2.31. The molecule has 0 aliphatic heterocycles. The molecule has 2 nitrogen and oxygen atoms in total. The van der Waals surface area contributed by atoms with Crippen LogP contribution in [-0.4, -0.2) is 12.1 Å². The van der Waals surface area contributed by atoms with Gasteiger partial charge in [-0.15, -0.1) is 0 Å². The fourth-order valence-electron chi connectivity index (χ4n) is 1.86. The van der Waals surface area contributed by atoms with Crippen molar-refractivity contribution < 1.29 is 9.53 Å². The first-order valence-electron chi connectivity index (χ1n) is 5.95. The van der Waals surface area contributed by atoms with Crippen molar-refractivity contribution in [3.63, 3.8) is 0 Å². The summed E-state index contributed by atoms with van der Waals surface area (Å²) >= 11 is 0. The number of hydrogen-bond donors (Lipinski definition) is 0. The third-order valence-corrected chi connectivity index (χ3v) is 3.02. The van der Waals surface area contributed by atoms with Crippen LogP contribution in [0.1, 0.15) is 44.0 Å². The topological polar surface area (TPSA) is 26.3 Å². The maximum atomic E-state index is 11.8. The Hall–Kier alpha value is -1.31. The molecule has 16 heavy (non-hydrogen) atoms. The average molecular weight is 220 g/mol. The van der Waals surface area contributed by atoms with Gasteiger partial charge in [-0.2, -0.15) is 0 Å². The minimum Gasteiger partial charge on any atom is -0.459 e. The molecule has 0 aromatic heterocycles. The fraction of sp³-hybridized carbons (Fsp3) is 0.500. The van der Waals surface area contributed by atoms with E-state index in [0.29, 0.717) is 11.5 Å². The fourth-order valence-corrected chi connectivity index (χ4v) is 1.86. The van der Waals surface area contributed by atoms with Gasteiger partial charge in [-0.1, -0.05) is 32.0 Å². The van der Waals surface area contributed by atoms with Crippen molar-refractivity contribution >= 4 is 5.97 Å². The Labute approximate surface area is 97.6 Å². The highest BCUT2D eigenvalue weighted by Gasteiger charge is 2.18. The van der Waals surface area contributed by atoms with Crippen LogP contribution in [0.3, 0.4) is 0 Å². The first kappa shape index (κ1) is 12.8. The van der Waals surface area contributed by atoms with Crippen LogP contribution in [0.4, 0.5) is 0 Å². The molecular formula is C14H20O2. The van der Waals surface area contributed by atoms with Crippen LogP contribution in [0.5, 0.6) is 0 Å². The Bertz CT molecular complexity index is 315. The van der Waals surface area contributed by atoms with Crippen molar-refractivity contribution in [2.24, 2.45) is 5.92 Å². The largest absolute Gasteiger partial charge is 0.459 e. The standard InChI is InChI=1S/C14H20O2/c1-4-12(5-2)11(3)16-14(15)13-9-7-6-8-10-13/h6-12H,4-5H2,1-3H3. The maximum absolute atomic E-state index is 11.8. The normalized spacial score (nSPS) is 12.5. The van der Waals surface area contributed by atoms with E-state index >= 15 is 0 Å². The third-order valence-electron chi connectivity index (χ3n) is 3.02. The van der Waals surface area contributed by atoms with Gasteiger partial charge in [-0.05, 0) is 37.8 Å². The van der Waals surface area contributed by atoms with Crippen molar-refractivity contribution in [2.45, 2.75) is 39.7 Å². The molecule has 1 unspecified atom stereocenters. The Morgan fingerprint density at radius 3 is 2.25 bits per heavy atom. The van der Waals surface area contributed by atoms with Gasteiger partial charge in [-0.25, -0.2) is 4.79 Å². The summed E-state index contributed by atoms with van der Waals surface area (Å²) in [6.07, 6.45) is 2.07. The summed E-state index contributed by atoms with van der Waals surface area (Å²) in [7, 11) is 0. The quantitative estimate of drug-likeness (QED) is 0.708. The van der Waals surface area contributed by atoms with Crippen LogP contribution in [0.15, 0.2) is 30.3 Å². The highest BCUT2D eigenvalue weighted by molar-refractivity contribution is 5.89. The number of esters is 1. The Morgan fingerprint density at radius 2 is 1.75 bits per heavy atom. The number of ether oxygens (including phenoxy) is 1. The molecule has 0 saturated carbocycles. The lowest BCUT2D eigenvalue weighted by Gasteiger charge is -2.21. The summed E-state index contributed by atoms with van der Waals surface area (Å²) in [5.74, 6) is 0.229. The van der Waals surface area contributed by atoms with Gasteiger partial charge in [-0.3, -0.25) is 0 Å². The zero-order valence-electron chi connectivity index (χ0n) is 10.3. The minimum absolute atomic E-state index is 0.0114. The van der Waals surface area contributed by atoms with Crippen LogP contribution in [0.2, 0.25) is 0 Å². The van der Waals surface area contributed by atoms with Crippen LogP contribution < -0.4 is 0 Å². The van der Waals surface area contributed by atoms with E-state index in [9.17, 15) is 4.79 Å². The van der Waals surface area contributed by atoms with E-state index in [1.54, 1.807) is 12.1 Å². The molecule has 1 rings (SSSR count). The second kappa shape index (κ2) is 6.31. The summed E-state index contributed by atoms with van der Waals surface area (Å²) in [4.78, 5) is 11.8. The van der Waals surface area contributed by atoms with E-state index in [0.717, 1.165) is 12.8 Å². The Kier molecular flexibility index (Phi) is 5.03. The zero-order chi connectivity index (χ0) is 12.0. The SMILES string of the molecule is CCC(CC)C(C)OC(=O)c1ccccc1. The first-order valence-corrected chi connectivity index (χ1v) is 5.95. The molecule has 1 aromatic rings. The smallest absolute Gasteiger partial charge is 0.338 e. The Morgan fingerprint density at radius 1 is 1.19 bits per heavy atom. The zero-order valence-corrected chi connectivity index (χ0v) is 10.3. The molecule has 2 heteroatoms. The number of carbonyl (C=O) groups is 1. The van der Waals surface area contributed by atoms with E-state index in [1.165, 1.54) is 0 Å². The van der Waals surface area contributed by atoms with Crippen LogP contribution in [0.25, 0.3) is 0 Å². The maximum Gasteiger partial charge on any atom is 0.338 e. The van der Waals surface area contributed by atoms with Gasteiger partial charge in [0.05, 0.1) is 5.56 Å². The molecule has 0 fully saturated rings. The summed E-state index contributed by atoms with van der Waals surface area (Å²) in [5, 5.41) is 0. The third kappa shape index (κ3) is 3.37. The van der Waals surface area contributed by atoms with Crippen molar-refractivity contribution in [2.75, 3.05) is 0 Å². The molecule has 0 spiro atoms. The van der Waals surface area contributed by atoms with Crippen molar-refractivity contribution in [3.8, 4) is 0 Å². The van der Waals surface area contributed by atoms with Crippen LogP contribution in [-0.2, 0) is 4.74 Å². The van der Waals surface area contributed by atoms with Gasteiger partial charge in [0.25, 0.3) is 0 Å². The summed E-state index contributed by atoms with van der Waals surface area (Å²) in [6, 6.07) is 9.14. The first-order chi connectivity index (χ1) is 7.69. The predicted molar refractivity (Wildman–Crippen MR) is 65.4 cm³/mol. The molecular weight excluding hydrogens is 200 g/mol. The second-order valence-electron chi connectivity index (χ2n) is 4.05. The van der Waals surface area contributed by atoms with E-state index < -0.39 is 0 Å². The van der Waals surface area contributed by atoms with E-state index in [4.69, 9.17) is 4.74 Å². The van der Waals surface area contributed by atoms with Crippen molar-refractivity contribution in [1.82, 2.24) is 0 Å². The lowest BCUT2D eigenvalue weighted by atomic mass is 9.98. The van der Waals surface area contributed by atoms with E-state index in [2.05, 4.69) is 13.8 Å². The molecule has 0 amide bonds. The molecule has 0 heterocycles. The van der Waals surface area contributed by atoms with Crippen LogP contribution >= 0.6 is 0 Å². The van der Waals surface area contributed by atoms with Gasteiger partial charge in [0.2, 0.25) is 0 Å². The van der Waals surface area contributed by atoms with E-state index in [1.807, 2.05) is 25.1 Å². The molecule has 1 atom stereocenters. The minimum atomic E-state index is -0.222. The highest BCUT2D eigenvalue weighted by Crippen LogP contribution is 2.17. The van der Waals surface area contributed by atoms with Gasteiger partial charge in [0, 0.05) is 0 Å². The van der Waals surface area contributed by atoms with Gasteiger partial charge >= 0.3 is 5.97 Å². The predicted octanol–water partition coefficient (Wildman–Crippen LogP) is 3.67. The monoisotopic (exact) mass is 220 g/mol. The molecule has 0 radical (unpaired) electrons. The lowest BCUT2D eigenvalue weighted by Crippen LogP contribution is -2.23. The molecule has 0 bridgehead atoms. The molecule has 0 saturated heterocycles. The number of carbonyl (C=O) groups excluding carboxylic acids is 1. The van der Waals surface area contributed by atoms with Gasteiger partial charge in [0.15, 0.2) is 0 Å². The summed E-state index contributed by atoms with van der Waals surface area (Å²) in [6.45, 7) is 6.22. The van der Waals surface area contributed by atoms with Crippen LogP contribution in [0, 0.1) is 5.92 Å². The molecule has 0 aliphatic carbocycles. The second-order valence-corrected chi connectivity index (χ2v) is 4.05.